The molecule has 4 heteroatoms. The van der Waals surface area contributed by atoms with Crippen molar-refractivity contribution in [1.82, 2.24) is 5.43 Å². The van der Waals surface area contributed by atoms with E-state index in [1.807, 2.05) is 12.1 Å². The molecule has 12 heavy (non-hydrogen) atoms. The van der Waals surface area contributed by atoms with Gasteiger partial charge in [-0.25, -0.2) is 5.43 Å². The van der Waals surface area contributed by atoms with Gasteiger partial charge in [0, 0.05) is 10.0 Å². The summed E-state index contributed by atoms with van der Waals surface area (Å²) in [5, 5.41) is 0. The highest BCUT2D eigenvalue weighted by atomic mass is 79.9. The molecule has 2 rings (SSSR count). The van der Waals surface area contributed by atoms with Crippen molar-refractivity contribution in [3.63, 3.8) is 0 Å². The molecule has 1 aromatic carbocycles. The number of hydrogen-bond donors (Lipinski definition) is 2. The van der Waals surface area contributed by atoms with E-state index < -0.39 is 0 Å². The lowest BCUT2D eigenvalue weighted by Gasteiger charge is -2.17. The minimum absolute atomic E-state index is 0.00347. The second-order valence-corrected chi connectivity index (χ2v) is 3.38. The van der Waals surface area contributed by atoms with Crippen LogP contribution in [0.15, 0.2) is 22.7 Å². The lowest BCUT2D eigenvalue weighted by molar-refractivity contribution is 0.102. The first-order valence-corrected chi connectivity index (χ1v) is 4.25. The van der Waals surface area contributed by atoms with Gasteiger partial charge in [0.15, 0.2) is 5.78 Å². The Bertz CT molecular complexity index is 338. The molecule has 1 heterocycles. The molecular formula is C8H6BrN2O. The van der Waals surface area contributed by atoms with Crippen LogP contribution in [-0.2, 0) is 0 Å². The van der Waals surface area contributed by atoms with Crippen molar-refractivity contribution in [2.24, 2.45) is 0 Å². The molecular weight excluding hydrogens is 220 g/mol. The number of benzene rings is 1. The maximum Gasteiger partial charge on any atom is 0.185 e. The zero-order chi connectivity index (χ0) is 8.55. The molecule has 0 bridgehead atoms. The number of ketones is 1. The zero-order valence-electron chi connectivity index (χ0n) is 6.10. The number of rotatable bonds is 0. The zero-order valence-corrected chi connectivity index (χ0v) is 7.68. The van der Waals surface area contributed by atoms with Crippen molar-refractivity contribution in [3.8, 4) is 0 Å². The van der Waals surface area contributed by atoms with Crippen molar-refractivity contribution in [2.45, 2.75) is 0 Å². The van der Waals surface area contributed by atoms with Gasteiger partial charge in [0.05, 0.1) is 5.69 Å². The predicted octanol–water partition coefficient (Wildman–Crippen LogP) is 1.72. The summed E-state index contributed by atoms with van der Waals surface area (Å²) in [5.41, 5.74) is 7.04. The number of anilines is 1. The summed E-state index contributed by atoms with van der Waals surface area (Å²) in [6, 6.07) is 5.48. The van der Waals surface area contributed by atoms with E-state index in [4.69, 9.17) is 0 Å². The topological polar surface area (TPSA) is 41.1 Å². The summed E-state index contributed by atoms with van der Waals surface area (Å²) in [7, 11) is 0. The van der Waals surface area contributed by atoms with Crippen LogP contribution in [0, 0.1) is 6.54 Å². The fraction of sp³-hybridized carbons (Fsp3) is 0. The molecule has 0 aromatic heterocycles. The molecule has 2 N–H and O–H groups in total. The number of fused-ring (bicyclic) bond motifs is 1. The lowest BCUT2D eigenvalue weighted by atomic mass is 10.1. The van der Waals surface area contributed by atoms with Gasteiger partial charge in [-0.05, 0) is 18.2 Å². The van der Waals surface area contributed by atoms with E-state index in [0.717, 1.165) is 10.2 Å². The van der Waals surface area contributed by atoms with Crippen LogP contribution >= 0.6 is 15.9 Å². The molecule has 3 nitrogen and oxygen atoms in total. The van der Waals surface area contributed by atoms with Gasteiger partial charge in [0.25, 0.3) is 0 Å². The van der Waals surface area contributed by atoms with E-state index >= 15 is 0 Å². The maximum atomic E-state index is 11.2. The van der Waals surface area contributed by atoms with Crippen LogP contribution in [0.25, 0.3) is 0 Å². The largest absolute Gasteiger partial charge is 0.320 e. The number of nitrogens with one attached hydrogen (secondary N) is 2. The number of Topliss-reactive ketones (excluding diaryl/α,β-unsaturated/α-hetero) is 1. The first-order valence-electron chi connectivity index (χ1n) is 3.46. The van der Waals surface area contributed by atoms with Crippen LogP contribution in [0.1, 0.15) is 10.4 Å². The number of carbonyl (C=O) groups excluding carboxylic acids is 1. The minimum Gasteiger partial charge on any atom is -0.320 e. The van der Waals surface area contributed by atoms with Gasteiger partial charge in [0.1, 0.15) is 6.54 Å². The van der Waals surface area contributed by atoms with E-state index in [-0.39, 0.29) is 5.78 Å². The summed E-state index contributed by atoms with van der Waals surface area (Å²) in [4.78, 5) is 11.2. The molecule has 0 saturated carbocycles. The third-order valence-corrected chi connectivity index (χ3v) is 2.15. The van der Waals surface area contributed by atoms with E-state index in [1.165, 1.54) is 6.54 Å². The first-order chi connectivity index (χ1) is 5.77. The SMILES string of the molecule is O=C1[CH]NNc2cc(Br)ccc21. The Balaban J connectivity index is 2.53. The Morgan fingerprint density at radius 3 is 3.00 bits per heavy atom. The number of hydrazine groups is 1. The fourth-order valence-corrected chi connectivity index (χ4v) is 1.45. The molecule has 0 fully saturated rings. The van der Waals surface area contributed by atoms with Crippen LogP contribution in [-0.4, -0.2) is 5.78 Å². The quantitative estimate of drug-likeness (QED) is 0.707. The van der Waals surface area contributed by atoms with Crippen LogP contribution in [0.3, 0.4) is 0 Å². The fourth-order valence-electron chi connectivity index (χ4n) is 1.09. The minimum atomic E-state index is -0.00347. The summed E-state index contributed by atoms with van der Waals surface area (Å²) in [5.74, 6) is -0.00347. The Labute approximate surface area is 78.3 Å². The van der Waals surface area contributed by atoms with E-state index in [1.54, 1.807) is 6.07 Å². The Morgan fingerprint density at radius 1 is 1.33 bits per heavy atom. The average molecular weight is 226 g/mol. The van der Waals surface area contributed by atoms with Gasteiger partial charge in [-0.15, -0.1) is 0 Å². The monoisotopic (exact) mass is 225 g/mol. The predicted molar refractivity (Wildman–Crippen MR) is 49.5 cm³/mol. The molecule has 0 amide bonds. The molecule has 0 atom stereocenters. The molecule has 1 aromatic rings. The summed E-state index contributed by atoms with van der Waals surface area (Å²) >= 11 is 3.32. The van der Waals surface area contributed by atoms with Crippen molar-refractivity contribution in [2.75, 3.05) is 5.43 Å². The lowest BCUT2D eigenvalue weighted by Crippen LogP contribution is -2.29. The molecule has 0 aliphatic carbocycles. The summed E-state index contributed by atoms with van der Waals surface area (Å²) < 4.78 is 0.949. The van der Waals surface area contributed by atoms with E-state index in [0.29, 0.717) is 5.56 Å². The molecule has 0 saturated heterocycles. The van der Waals surface area contributed by atoms with Gasteiger partial charge >= 0.3 is 0 Å². The van der Waals surface area contributed by atoms with Crippen molar-refractivity contribution in [3.05, 3.63) is 34.8 Å². The number of hydrogen-bond acceptors (Lipinski definition) is 3. The van der Waals surface area contributed by atoms with E-state index in [2.05, 4.69) is 26.8 Å². The Morgan fingerprint density at radius 2 is 2.17 bits per heavy atom. The molecule has 0 unspecified atom stereocenters. The normalized spacial score (nSPS) is 15.2. The van der Waals surface area contributed by atoms with Crippen molar-refractivity contribution in [1.29, 1.82) is 0 Å². The van der Waals surface area contributed by atoms with Crippen LogP contribution in [0.2, 0.25) is 0 Å². The van der Waals surface area contributed by atoms with Crippen LogP contribution < -0.4 is 10.9 Å². The highest BCUT2D eigenvalue weighted by Gasteiger charge is 2.16. The summed E-state index contributed by atoms with van der Waals surface area (Å²) in [6.07, 6.45) is 0. The van der Waals surface area contributed by atoms with Crippen LogP contribution in [0.5, 0.6) is 0 Å². The third kappa shape index (κ3) is 1.23. The molecule has 1 aliphatic rings. The standard InChI is InChI=1S/C8H6BrN2O/c9-5-1-2-6-7(3-5)11-10-4-8(6)12/h1-4,10-11H. The average Bonchev–Trinajstić information content (AvgIpc) is 2.04. The van der Waals surface area contributed by atoms with E-state index in [9.17, 15) is 4.79 Å². The van der Waals surface area contributed by atoms with Gasteiger partial charge in [-0.1, -0.05) is 15.9 Å². The van der Waals surface area contributed by atoms with Gasteiger partial charge in [-0.2, -0.15) is 0 Å². The first kappa shape index (κ1) is 7.76. The highest BCUT2D eigenvalue weighted by molar-refractivity contribution is 9.10. The second-order valence-electron chi connectivity index (χ2n) is 2.47. The maximum absolute atomic E-state index is 11.2. The molecule has 1 radical (unpaired) electrons. The molecule has 1 aliphatic heterocycles. The van der Waals surface area contributed by atoms with Gasteiger partial charge in [0.2, 0.25) is 0 Å². The summed E-state index contributed by atoms with van der Waals surface area (Å²) in [6.45, 7) is 1.40. The second kappa shape index (κ2) is 2.88. The Kier molecular flexibility index (Phi) is 1.86. The number of carbonyl (C=O) groups is 1. The third-order valence-electron chi connectivity index (χ3n) is 1.66. The van der Waals surface area contributed by atoms with Crippen molar-refractivity contribution >= 4 is 27.4 Å². The van der Waals surface area contributed by atoms with Gasteiger partial charge in [-0.3, -0.25) is 4.79 Å². The van der Waals surface area contributed by atoms with Crippen LogP contribution in [0.4, 0.5) is 5.69 Å². The Hall–Kier alpha value is -0.870. The molecule has 61 valence electrons. The molecule has 0 spiro atoms. The number of halogens is 1. The highest BCUT2D eigenvalue weighted by Crippen LogP contribution is 2.23. The van der Waals surface area contributed by atoms with Crippen molar-refractivity contribution < 1.29 is 4.79 Å². The smallest absolute Gasteiger partial charge is 0.185 e. The van der Waals surface area contributed by atoms with Gasteiger partial charge < -0.3 is 5.43 Å².